The minimum Gasteiger partial charge on any atom is -0.437 e. The average Bonchev–Trinajstić information content (AvgIpc) is 3.61. The van der Waals surface area contributed by atoms with Crippen LogP contribution in [0.3, 0.4) is 0 Å². The number of nitrogens with zero attached hydrogens (tertiary/aromatic N) is 7. The van der Waals surface area contributed by atoms with Gasteiger partial charge in [0.1, 0.15) is 5.58 Å². The number of carbonyl (C=O) groups is 3. The molecule has 3 N–H and O–H groups in total. The van der Waals surface area contributed by atoms with E-state index in [2.05, 4.69) is 56.3 Å². The quantitative estimate of drug-likeness (QED) is 0.181. The Morgan fingerprint density at radius 2 is 1.20 bits per heavy atom. The topological polar surface area (TPSA) is 161 Å². The molecular formula is C40H58N10O5. The Morgan fingerprint density at radius 3 is 1.69 bits per heavy atom. The molecule has 3 aromatic heterocycles. The highest BCUT2D eigenvalue weighted by atomic mass is 16.3. The molecule has 1 fully saturated rings. The van der Waals surface area contributed by atoms with Gasteiger partial charge in [-0.3, -0.25) is 38.8 Å². The van der Waals surface area contributed by atoms with Crippen LogP contribution in [0.25, 0.3) is 27.9 Å². The number of hydrogen-bond donors (Lipinski definition) is 3. The third-order valence-electron chi connectivity index (χ3n) is 9.80. The SMILES string of the molecule is CCNC(=O)CN1CCN(CC(=O)NCC)CCN(Cc2ccn(-c3ccc4c(=O)c5cc(C(C)(C)C)ccc5oc4n3)n2)CCN(CC(=O)NCC)CC1. The zero-order chi connectivity index (χ0) is 39.5. The minimum atomic E-state index is -0.116. The highest BCUT2D eigenvalue weighted by Crippen LogP contribution is 2.26. The summed E-state index contributed by atoms with van der Waals surface area (Å²) < 4.78 is 7.83. The zero-order valence-electron chi connectivity index (χ0n) is 33.3. The van der Waals surface area contributed by atoms with Gasteiger partial charge >= 0.3 is 0 Å². The van der Waals surface area contributed by atoms with Crippen molar-refractivity contribution in [1.82, 2.24) is 50.3 Å². The predicted molar refractivity (Wildman–Crippen MR) is 214 cm³/mol. The van der Waals surface area contributed by atoms with Crippen molar-refractivity contribution >= 4 is 39.8 Å². The molecular weight excluding hydrogens is 701 g/mol. The largest absolute Gasteiger partial charge is 0.437 e. The molecule has 0 saturated carbocycles. The van der Waals surface area contributed by atoms with Crippen LogP contribution < -0.4 is 21.4 Å². The van der Waals surface area contributed by atoms with Crippen molar-refractivity contribution in [2.24, 2.45) is 0 Å². The molecule has 298 valence electrons. The van der Waals surface area contributed by atoms with Crippen molar-refractivity contribution in [2.45, 2.75) is 53.5 Å². The molecule has 0 bridgehead atoms. The van der Waals surface area contributed by atoms with E-state index in [0.29, 0.717) is 101 Å². The number of nitrogens with one attached hydrogen (secondary N) is 3. The second-order valence-corrected chi connectivity index (χ2v) is 15.1. The highest BCUT2D eigenvalue weighted by Gasteiger charge is 2.22. The Balaban J connectivity index is 1.36. The average molecular weight is 759 g/mol. The van der Waals surface area contributed by atoms with Gasteiger partial charge in [-0.1, -0.05) is 26.8 Å². The number of aromatic nitrogens is 3. The number of rotatable bonds is 12. The van der Waals surface area contributed by atoms with Crippen LogP contribution in [-0.2, 0) is 26.3 Å². The van der Waals surface area contributed by atoms with Gasteiger partial charge in [-0.15, -0.1) is 0 Å². The van der Waals surface area contributed by atoms with Gasteiger partial charge < -0.3 is 20.4 Å². The molecule has 0 radical (unpaired) electrons. The summed E-state index contributed by atoms with van der Waals surface area (Å²) in [6.45, 7) is 20.0. The molecule has 5 rings (SSSR count). The fourth-order valence-corrected chi connectivity index (χ4v) is 6.70. The maximum atomic E-state index is 13.5. The summed E-state index contributed by atoms with van der Waals surface area (Å²) in [5.74, 6) is 0.409. The molecule has 0 spiro atoms. The third-order valence-corrected chi connectivity index (χ3v) is 9.80. The maximum Gasteiger partial charge on any atom is 0.234 e. The van der Waals surface area contributed by atoms with Crippen molar-refractivity contribution in [3.8, 4) is 5.82 Å². The van der Waals surface area contributed by atoms with Crippen molar-refractivity contribution in [3.05, 3.63) is 64.1 Å². The Morgan fingerprint density at radius 1 is 0.691 bits per heavy atom. The molecule has 15 heteroatoms. The lowest BCUT2D eigenvalue weighted by molar-refractivity contribution is -0.124. The van der Waals surface area contributed by atoms with Crippen LogP contribution in [0, 0.1) is 0 Å². The molecule has 3 amide bonds. The first kappa shape index (κ1) is 41.5. The van der Waals surface area contributed by atoms with Crippen LogP contribution in [0.2, 0.25) is 0 Å². The van der Waals surface area contributed by atoms with Crippen molar-refractivity contribution in [3.63, 3.8) is 0 Å². The lowest BCUT2D eigenvalue weighted by atomic mass is 9.86. The van der Waals surface area contributed by atoms with Crippen molar-refractivity contribution < 1.29 is 18.8 Å². The molecule has 4 aromatic rings. The Labute approximate surface area is 323 Å². The number of likely N-dealkylation sites (N-methyl/N-ethyl adjacent to an activating group) is 3. The second kappa shape index (κ2) is 19.2. The molecule has 1 aliphatic rings. The molecule has 0 aliphatic carbocycles. The van der Waals surface area contributed by atoms with E-state index in [1.165, 1.54) is 0 Å². The van der Waals surface area contributed by atoms with E-state index in [1.807, 2.05) is 51.2 Å². The molecule has 0 atom stereocenters. The van der Waals surface area contributed by atoms with Crippen LogP contribution in [-0.4, -0.2) is 144 Å². The van der Waals surface area contributed by atoms with E-state index in [-0.39, 0.29) is 53.9 Å². The van der Waals surface area contributed by atoms with Gasteiger partial charge in [0, 0.05) is 84.7 Å². The standard InChI is InChI=1S/C40H58N10O5/c1-7-41-35(51)26-47-18-16-46(17-19-48(27-36(52)42-8-2)21-23-49(22-20-47)28-37(53)43-9-3)25-30-14-15-50(45-30)34-13-11-31-38(54)32-24-29(40(4,5)6)10-12-33(32)55-39(31)44-34/h10-15,24H,7-9,16-23,25-28H2,1-6H3,(H,41,51)(H,42,52)(H,43,53). The molecule has 15 nitrogen and oxygen atoms in total. The van der Waals surface area contributed by atoms with Crippen LogP contribution in [0.4, 0.5) is 0 Å². The van der Waals surface area contributed by atoms with Crippen LogP contribution in [0.5, 0.6) is 0 Å². The number of pyridine rings is 1. The van der Waals surface area contributed by atoms with Gasteiger partial charge in [-0.25, -0.2) is 4.68 Å². The summed E-state index contributed by atoms with van der Waals surface area (Å²) in [4.78, 5) is 64.9. The summed E-state index contributed by atoms with van der Waals surface area (Å²) in [5.41, 5.74) is 2.40. The number of carbonyl (C=O) groups excluding carboxylic acids is 3. The molecule has 55 heavy (non-hydrogen) atoms. The monoisotopic (exact) mass is 758 g/mol. The van der Waals surface area contributed by atoms with Gasteiger partial charge in [0.05, 0.1) is 36.1 Å². The highest BCUT2D eigenvalue weighted by molar-refractivity contribution is 5.89. The Kier molecular flexibility index (Phi) is 14.5. The van der Waals surface area contributed by atoms with E-state index < -0.39 is 0 Å². The van der Waals surface area contributed by atoms with Gasteiger partial charge in [0.2, 0.25) is 28.9 Å². The van der Waals surface area contributed by atoms with Crippen LogP contribution in [0.15, 0.2) is 51.8 Å². The van der Waals surface area contributed by atoms with Crippen LogP contribution >= 0.6 is 0 Å². The first-order valence-corrected chi connectivity index (χ1v) is 19.5. The lowest BCUT2D eigenvalue weighted by Crippen LogP contribution is -2.50. The zero-order valence-corrected chi connectivity index (χ0v) is 33.3. The third kappa shape index (κ3) is 11.7. The van der Waals surface area contributed by atoms with Crippen LogP contribution in [0.1, 0.15) is 52.8 Å². The van der Waals surface area contributed by atoms with E-state index in [0.717, 1.165) is 11.3 Å². The summed E-state index contributed by atoms with van der Waals surface area (Å²) in [5, 5.41) is 14.5. The Bertz CT molecular complexity index is 1950. The van der Waals surface area contributed by atoms with Crippen molar-refractivity contribution in [2.75, 3.05) is 91.6 Å². The van der Waals surface area contributed by atoms with E-state index >= 15 is 0 Å². The maximum absolute atomic E-state index is 13.5. The first-order valence-electron chi connectivity index (χ1n) is 19.5. The molecule has 1 aliphatic heterocycles. The van der Waals surface area contributed by atoms with E-state index in [1.54, 1.807) is 16.8 Å². The first-order chi connectivity index (χ1) is 26.4. The summed E-state index contributed by atoms with van der Waals surface area (Å²) in [6.07, 6.45) is 1.85. The number of hydrogen-bond acceptors (Lipinski definition) is 11. The normalized spacial score (nSPS) is 16.1. The summed E-state index contributed by atoms with van der Waals surface area (Å²) >= 11 is 0. The predicted octanol–water partition coefficient (Wildman–Crippen LogP) is 1.95. The molecule has 0 unspecified atom stereocenters. The summed E-state index contributed by atoms with van der Waals surface area (Å²) in [6, 6.07) is 11.2. The van der Waals surface area contributed by atoms with E-state index in [9.17, 15) is 19.2 Å². The number of fused-ring (bicyclic) bond motifs is 2. The minimum absolute atomic E-state index is 0.0374. The molecule has 1 aromatic carbocycles. The van der Waals surface area contributed by atoms with Crippen molar-refractivity contribution in [1.29, 1.82) is 0 Å². The Hall–Kier alpha value is -4.70. The van der Waals surface area contributed by atoms with E-state index in [4.69, 9.17) is 14.5 Å². The van der Waals surface area contributed by atoms with Gasteiger partial charge in [-0.05, 0) is 62.1 Å². The smallest absolute Gasteiger partial charge is 0.234 e. The fraction of sp³-hybridized carbons (Fsp3) is 0.550. The molecule has 1 saturated heterocycles. The number of benzene rings is 1. The van der Waals surface area contributed by atoms with Gasteiger partial charge in [-0.2, -0.15) is 10.1 Å². The van der Waals surface area contributed by atoms with Gasteiger partial charge in [0.15, 0.2) is 5.82 Å². The lowest BCUT2D eigenvalue weighted by Gasteiger charge is -2.33. The fourth-order valence-electron chi connectivity index (χ4n) is 6.70. The number of amides is 3. The second-order valence-electron chi connectivity index (χ2n) is 15.1. The molecule has 4 heterocycles. The summed E-state index contributed by atoms with van der Waals surface area (Å²) in [7, 11) is 0. The van der Waals surface area contributed by atoms with Gasteiger partial charge in [0.25, 0.3) is 0 Å².